The van der Waals surface area contributed by atoms with Crippen LogP contribution in [0.5, 0.6) is 0 Å². The average Bonchev–Trinajstić information content (AvgIpc) is 2.26. The van der Waals surface area contributed by atoms with Gasteiger partial charge in [-0.1, -0.05) is 0 Å². The second-order valence-corrected chi connectivity index (χ2v) is 4.81. The number of rotatable bonds is 4. The van der Waals surface area contributed by atoms with Crippen LogP contribution in [0.1, 0.15) is 24.2 Å². The van der Waals surface area contributed by atoms with Crippen LogP contribution in [-0.2, 0) is 0 Å². The number of carbonyl (C=O) groups is 1. The van der Waals surface area contributed by atoms with E-state index in [1.807, 2.05) is 32.8 Å². The normalized spacial score (nSPS) is 11.6. The third-order valence-electron chi connectivity index (χ3n) is 2.96. The lowest BCUT2D eigenvalue weighted by atomic mass is 10.0. The topological polar surface area (TPSA) is 65.2 Å². The van der Waals surface area contributed by atoms with Crippen LogP contribution in [0.25, 0.3) is 0 Å². The van der Waals surface area contributed by atoms with E-state index in [0.717, 1.165) is 0 Å². The summed E-state index contributed by atoms with van der Waals surface area (Å²) < 4.78 is 0. The zero-order chi connectivity index (χ0) is 13.1. The molecule has 0 atom stereocenters. The molecule has 0 saturated carbocycles. The average molecular weight is 237 g/mol. The lowest BCUT2D eigenvalue weighted by Crippen LogP contribution is -2.48. The maximum absolute atomic E-state index is 11.8. The van der Waals surface area contributed by atoms with Gasteiger partial charge in [0.15, 0.2) is 5.43 Å². The zero-order valence-corrected chi connectivity index (χ0v) is 10.7. The Labute approximate surface area is 101 Å². The minimum absolute atomic E-state index is 0.141. The first-order valence-corrected chi connectivity index (χ1v) is 5.47. The summed E-state index contributed by atoms with van der Waals surface area (Å²) in [6, 6.07) is 1.34. The molecule has 0 aliphatic heterocycles. The molecule has 0 aliphatic rings. The van der Waals surface area contributed by atoms with E-state index >= 15 is 0 Å². The van der Waals surface area contributed by atoms with Crippen molar-refractivity contribution in [2.45, 2.75) is 19.4 Å². The van der Waals surface area contributed by atoms with Gasteiger partial charge in [-0.3, -0.25) is 9.59 Å². The molecule has 0 spiro atoms. The third kappa shape index (κ3) is 3.42. The summed E-state index contributed by atoms with van der Waals surface area (Å²) in [7, 11) is 3.89. The van der Waals surface area contributed by atoms with Gasteiger partial charge >= 0.3 is 0 Å². The number of hydrogen-bond acceptors (Lipinski definition) is 3. The van der Waals surface area contributed by atoms with Gasteiger partial charge < -0.3 is 15.2 Å². The number of nitrogens with zero attached hydrogens (tertiary/aromatic N) is 1. The first-order chi connectivity index (χ1) is 7.84. The fourth-order valence-electron chi connectivity index (χ4n) is 1.14. The van der Waals surface area contributed by atoms with Crippen molar-refractivity contribution in [2.75, 3.05) is 20.6 Å². The van der Waals surface area contributed by atoms with Gasteiger partial charge in [0.05, 0.1) is 0 Å². The van der Waals surface area contributed by atoms with Crippen molar-refractivity contribution in [3.05, 3.63) is 34.2 Å². The molecule has 0 bridgehead atoms. The standard InChI is InChI=1S/C12H19N3O2/c1-12(2,15(3)4)8-14-11(17)9-7-13-6-5-10(9)16/h5-7H,8H2,1-4H3,(H,13,16)(H,14,17). The minimum atomic E-state index is -0.346. The van der Waals surface area contributed by atoms with Gasteiger partial charge in [-0.05, 0) is 27.9 Å². The summed E-state index contributed by atoms with van der Waals surface area (Å²) in [5.41, 5.74) is -0.289. The first-order valence-electron chi connectivity index (χ1n) is 5.47. The summed E-state index contributed by atoms with van der Waals surface area (Å²) >= 11 is 0. The molecular formula is C12H19N3O2. The maximum atomic E-state index is 11.8. The third-order valence-corrected chi connectivity index (χ3v) is 2.96. The molecule has 1 rings (SSSR count). The Kier molecular flexibility index (Phi) is 4.07. The summed E-state index contributed by atoms with van der Waals surface area (Å²) in [5.74, 6) is -0.346. The Balaban J connectivity index is 2.69. The van der Waals surface area contributed by atoms with Gasteiger partial charge in [0, 0.05) is 30.5 Å². The Morgan fingerprint density at radius 1 is 1.47 bits per heavy atom. The number of carbonyl (C=O) groups excluding carboxylic acids is 1. The Bertz CT molecular complexity index is 449. The highest BCUT2D eigenvalue weighted by molar-refractivity contribution is 5.93. The summed E-state index contributed by atoms with van der Waals surface area (Å²) in [4.78, 5) is 28.0. The van der Waals surface area contributed by atoms with E-state index in [4.69, 9.17) is 0 Å². The van der Waals surface area contributed by atoms with Crippen LogP contribution >= 0.6 is 0 Å². The SMILES string of the molecule is CN(C)C(C)(C)CNC(=O)c1c[nH]ccc1=O. The largest absolute Gasteiger partial charge is 0.367 e. The number of H-pyrrole nitrogens is 1. The van der Waals surface area contributed by atoms with Crippen molar-refractivity contribution in [3.63, 3.8) is 0 Å². The predicted octanol–water partition coefficient (Wildman–Crippen LogP) is 0.445. The van der Waals surface area contributed by atoms with E-state index in [0.29, 0.717) is 6.54 Å². The fourth-order valence-corrected chi connectivity index (χ4v) is 1.14. The van der Waals surface area contributed by atoms with Crippen LogP contribution in [0.4, 0.5) is 0 Å². The molecule has 0 unspecified atom stereocenters. The number of pyridine rings is 1. The fraction of sp³-hybridized carbons (Fsp3) is 0.500. The summed E-state index contributed by atoms with van der Waals surface area (Å²) in [6.45, 7) is 4.51. The molecule has 0 radical (unpaired) electrons. The molecule has 1 aromatic rings. The molecule has 1 amide bonds. The van der Waals surface area contributed by atoms with Gasteiger partial charge in [-0.25, -0.2) is 0 Å². The van der Waals surface area contributed by atoms with Crippen LogP contribution in [0.2, 0.25) is 0 Å². The minimum Gasteiger partial charge on any atom is -0.367 e. The van der Waals surface area contributed by atoms with Gasteiger partial charge in [0.2, 0.25) is 0 Å². The molecule has 0 fully saturated rings. The Morgan fingerprint density at radius 2 is 2.12 bits per heavy atom. The number of aromatic nitrogens is 1. The van der Waals surface area contributed by atoms with Gasteiger partial charge in [0.25, 0.3) is 5.91 Å². The maximum Gasteiger partial charge on any atom is 0.256 e. The smallest absolute Gasteiger partial charge is 0.256 e. The molecule has 0 saturated heterocycles. The monoisotopic (exact) mass is 237 g/mol. The summed E-state index contributed by atoms with van der Waals surface area (Å²) in [5, 5.41) is 2.76. The lowest BCUT2D eigenvalue weighted by molar-refractivity contribution is 0.0918. The van der Waals surface area contributed by atoms with E-state index in [1.54, 1.807) is 0 Å². The van der Waals surface area contributed by atoms with Crippen molar-refractivity contribution in [3.8, 4) is 0 Å². The second-order valence-electron chi connectivity index (χ2n) is 4.81. The van der Waals surface area contributed by atoms with Crippen LogP contribution in [0.15, 0.2) is 23.3 Å². The van der Waals surface area contributed by atoms with E-state index in [-0.39, 0.29) is 22.4 Å². The molecule has 94 valence electrons. The van der Waals surface area contributed by atoms with Crippen molar-refractivity contribution in [1.82, 2.24) is 15.2 Å². The van der Waals surface area contributed by atoms with Gasteiger partial charge in [-0.2, -0.15) is 0 Å². The highest BCUT2D eigenvalue weighted by atomic mass is 16.2. The zero-order valence-electron chi connectivity index (χ0n) is 10.7. The van der Waals surface area contributed by atoms with E-state index in [2.05, 4.69) is 10.3 Å². The Hall–Kier alpha value is -1.62. The van der Waals surface area contributed by atoms with Crippen molar-refractivity contribution in [2.24, 2.45) is 0 Å². The lowest BCUT2D eigenvalue weighted by Gasteiger charge is -2.32. The molecule has 0 aliphatic carbocycles. The predicted molar refractivity (Wildman–Crippen MR) is 67.2 cm³/mol. The van der Waals surface area contributed by atoms with Crippen LogP contribution < -0.4 is 10.7 Å². The molecule has 17 heavy (non-hydrogen) atoms. The summed E-state index contributed by atoms with van der Waals surface area (Å²) in [6.07, 6.45) is 2.92. The van der Waals surface area contributed by atoms with E-state index in [9.17, 15) is 9.59 Å². The number of hydrogen-bond donors (Lipinski definition) is 2. The Morgan fingerprint density at radius 3 is 2.65 bits per heavy atom. The van der Waals surface area contributed by atoms with Crippen LogP contribution in [0.3, 0.4) is 0 Å². The molecule has 0 aromatic carbocycles. The molecule has 1 heterocycles. The quantitative estimate of drug-likeness (QED) is 0.799. The number of amides is 1. The molecule has 2 N–H and O–H groups in total. The van der Waals surface area contributed by atoms with Gasteiger partial charge in [0.1, 0.15) is 5.56 Å². The molecule has 5 heteroatoms. The van der Waals surface area contributed by atoms with Crippen molar-refractivity contribution < 1.29 is 4.79 Å². The molecule has 5 nitrogen and oxygen atoms in total. The van der Waals surface area contributed by atoms with Crippen LogP contribution in [0, 0.1) is 0 Å². The highest BCUT2D eigenvalue weighted by Crippen LogP contribution is 2.07. The number of likely N-dealkylation sites (N-methyl/N-ethyl adjacent to an activating group) is 1. The first kappa shape index (κ1) is 13.4. The van der Waals surface area contributed by atoms with Crippen molar-refractivity contribution >= 4 is 5.91 Å². The number of aromatic amines is 1. The van der Waals surface area contributed by atoms with E-state index < -0.39 is 0 Å². The van der Waals surface area contributed by atoms with E-state index in [1.165, 1.54) is 18.5 Å². The van der Waals surface area contributed by atoms with Crippen molar-refractivity contribution in [1.29, 1.82) is 0 Å². The van der Waals surface area contributed by atoms with Gasteiger partial charge in [-0.15, -0.1) is 0 Å². The molecular weight excluding hydrogens is 218 g/mol. The molecule has 1 aromatic heterocycles. The highest BCUT2D eigenvalue weighted by Gasteiger charge is 2.21. The number of nitrogens with one attached hydrogen (secondary N) is 2. The van der Waals surface area contributed by atoms with Crippen LogP contribution in [-0.4, -0.2) is 42.0 Å². The second kappa shape index (κ2) is 5.14.